The van der Waals surface area contributed by atoms with E-state index in [9.17, 15) is 43.5 Å². The van der Waals surface area contributed by atoms with Crippen molar-refractivity contribution in [2.75, 3.05) is 46.7 Å². The molecule has 0 aromatic heterocycles. The van der Waals surface area contributed by atoms with E-state index in [0.29, 0.717) is 104 Å². The summed E-state index contributed by atoms with van der Waals surface area (Å²) in [5, 5.41) is 19.5. The molecule has 0 radical (unpaired) electrons. The van der Waals surface area contributed by atoms with Gasteiger partial charge in [0.1, 0.15) is 17.2 Å². The van der Waals surface area contributed by atoms with E-state index in [1.807, 2.05) is 6.26 Å². The topological polar surface area (TPSA) is 367 Å². The summed E-state index contributed by atoms with van der Waals surface area (Å²) in [6.45, 7) is 1.58. The summed E-state index contributed by atoms with van der Waals surface area (Å²) in [6.07, 6.45) is 7.21. The van der Waals surface area contributed by atoms with Crippen LogP contribution in [0.2, 0.25) is 0 Å². The number of amides is 4. The van der Waals surface area contributed by atoms with Gasteiger partial charge in [0.25, 0.3) is 23.6 Å². The van der Waals surface area contributed by atoms with Gasteiger partial charge in [-0.2, -0.15) is 0 Å². The highest BCUT2D eigenvalue weighted by Gasteiger charge is 2.28. The minimum atomic E-state index is -1.07. The van der Waals surface area contributed by atoms with E-state index < -0.39 is 59.3 Å². The zero-order valence-corrected chi connectivity index (χ0v) is 47.1. The van der Waals surface area contributed by atoms with E-state index in [-0.39, 0.29) is 90.5 Å². The zero-order valence-electron chi connectivity index (χ0n) is 46.3. The van der Waals surface area contributed by atoms with Crippen LogP contribution in [0.25, 0.3) is 0 Å². The molecular weight excluding hydrogens is 1040 g/mol. The van der Waals surface area contributed by atoms with Crippen LogP contribution < -0.4 is 59.8 Å². The number of ketones is 4. The van der Waals surface area contributed by atoms with Gasteiger partial charge in [0.15, 0.2) is 23.1 Å². The van der Waals surface area contributed by atoms with Crippen molar-refractivity contribution in [3.8, 4) is 17.2 Å². The van der Waals surface area contributed by atoms with Crippen LogP contribution in [0.5, 0.6) is 17.2 Å². The first kappa shape index (κ1) is 65.5. The molecule has 4 aromatic carbocycles. The van der Waals surface area contributed by atoms with E-state index in [0.717, 1.165) is 12.8 Å². The number of methoxy groups -OCH3 is 2. The van der Waals surface area contributed by atoms with Crippen LogP contribution in [0.4, 0.5) is 0 Å². The molecule has 21 heteroatoms. The van der Waals surface area contributed by atoms with Crippen molar-refractivity contribution in [3.63, 3.8) is 0 Å². The monoisotopic (exact) mass is 1120 g/mol. The lowest BCUT2D eigenvalue weighted by molar-refractivity contribution is -0.121. The number of hydrogen-bond acceptors (Lipinski definition) is 17. The van der Waals surface area contributed by atoms with Crippen LogP contribution >= 0.6 is 11.8 Å². The number of primary amides is 1. The number of thioether (sulfide) groups is 1. The lowest BCUT2D eigenvalue weighted by atomic mass is 9.95. The Morgan fingerprint density at radius 2 is 0.825 bits per heavy atom. The summed E-state index contributed by atoms with van der Waals surface area (Å²) in [5.74, 6) is -3.91. The quantitative estimate of drug-likeness (QED) is 0.0225. The number of unbranched alkanes of at least 4 members (excludes halogenated alkanes) is 4. The molecule has 0 aliphatic rings. The van der Waals surface area contributed by atoms with Gasteiger partial charge < -0.3 is 64.9 Å². The number of ether oxygens (including phenoxy) is 2. The molecule has 0 heterocycles. The molecule has 0 aliphatic heterocycles. The van der Waals surface area contributed by atoms with Gasteiger partial charge in [-0.15, -0.1) is 11.8 Å². The van der Waals surface area contributed by atoms with Gasteiger partial charge in [-0.3, -0.25) is 38.4 Å². The molecule has 16 N–H and O–H groups in total. The number of Topliss-reactive ketones (excluding diaryl/α,β-unsaturated/α-hetero) is 4. The lowest BCUT2D eigenvalue weighted by Gasteiger charge is -2.21. The average Bonchev–Trinajstić information content (AvgIpc) is 3.47. The number of phenolic OH excluding ortho intramolecular Hbond substituents is 1. The second kappa shape index (κ2) is 34.2. The Labute approximate surface area is 473 Å². The standard InChI is InChI=1S/C59H81N9O11S/c1-78-53-21-17-37(29-41(53)56(65)74)34-51(72)46(14-6-10-26-62)67-58(76)42-30-38(18-22-54(42)79-2)35-52(73)45(13-5-9-25-61)66-57(75)40-28-36(16-20-48(40)69)33-50(71)47(15-7-11-27-63)68-59(77)43-31-39(19-23-55(43)80-3)32-49(70)44(64)12-4-8-24-60/h16-23,28-31,44-47,69H,4-15,24-27,32-35,60-64H2,1-3H3,(H2,65,74)(H,66,75)(H,67,76)(H,68,77)/t44-,45-,46-,47-/m0/s1. The Morgan fingerprint density at radius 3 is 1.25 bits per heavy atom. The third kappa shape index (κ3) is 20.3. The maximum absolute atomic E-state index is 14.2. The van der Waals surface area contributed by atoms with Gasteiger partial charge in [0.05, 0.1) is 60.6 Å². The second-order valence-corrected chi connectivity index (χ2v) is 20.6. The fourth-order valence-corrected chi connectivity index (χ4v) is 9.70. The minimum Gasteiger partial charge on any atom is -0.507 e. The fraction of sp³-hybridized carbons (Fsp3) is 0.458. The number of phenols is 1. The lowest BCUT2D eigenvalue weighted by Crippen LogP contribution is -2.42. The first-order valence-electron chi connectivity index (χ1n) is 27.1. The molecule has 4 amide bonds. The molecule has 0 bridgehead atoms. The van der Waals surface area contributed by atoms with Crippen LogP contribution in [0.3, 0.4) is 0 Å². The van der Waals surface area contributed by atoms with Crippen molar-refractivity contribution < 1.29 is 52.9 Å². The van der Waals surface area contributed by atoms with Gasteiger partial charge in [-0.05, 0) is 174 Å². The summed E-state index contributed by atoms with van der Waals surface area (Å²) >= 11 is 1.34. The maximum Gasteiger partial charge on any atom is 0.255 e. The van der Waals surface area contributed by atoms with E-state index in [2.05, 4.69) is 16.0 Å². The van der Waals surface area contributed by atoms with E-state index >= 15 is 0 Å². The Hall–Kier alpha value is -7.01. The Morgan fingerprint density at radius 1 is 0.475 bits per heavy atom. The van der Waals surface area contributed by atoms with Crippen LogP contribution in [-0.2, 0) is 44.9 Å². The highest BCUT2D eigenvalue weighted by Crippen LogP contribution is 2.26. The van der Waals surface area contributed by atoms with Crippen molar-refractivity contribution in [2.24, 2.45) is 34.4 Å². The summed E-state index contributed by atoms with van der Waals surface area (Å²) < 4.78 is 10.8. The Balaban J connectivity index is 1.53. The predicted octanol–water partition coefficient (Wildman–Crippen LogP) is 3.92. The largest absolute Gasteiger partial charge is 0.507 e. The van der Waals surface area contributed by atoms with Crippen molar-refractivity contribution in [1.29, 1.82) is 0 Å². The van der Waals surface area contributed by atoms with Crippen LogP contribution in [0.15, 0.2) is 77.7 Å². The highest BCUT2D eigenvalue weighted by atomic mass is 32.2. The van der Waals surface area contributed by atoms with Gasteiger partial charge >= 0.3 is 0 Å². The molecule has 4 aromatic rings. The van der Waals surface area contributed by atoms with Crippen LogP contribution in [0, 0.1) is 0 Å². The first-order chi connectivity index (χ1) is 38.4. The van der Waals surface area contributed by atoms with Gasteiger partial charge in [-0.1, -0.05) is 30.7 Å². The summed E-state index contributed by atoms with van der Waals surface area (Å²) in [6, 6.07) is 14.9. The molecule has 0 aliphatic carbocycles. The van der Waals surface area contributed by atoms with Crippen molar-refractivity contribution in [3.05, 3.63) is 117 Å². The van der Waals surface area contributed by atoms with E-state index in [4.69, 9.17) is 43.9 Å². The molecular formula is C59H81N9O11S. The highest BCUT2D eigenvalue weighted by molar-refractivity contribution is 7.98. The molecule has 0 fully saturated rings. The van der Waals surface area contributed by atoms with Crippen LogP contribution in [0.1, 0.15) is 141 Å². The predicted molar refractivity (Wildman–Crippen MR) is 309 cm³/mol. The summed E-state index contributed by atoms with van der Waals surface area (Å²) in [4.78, 5) is 110. The Kier molecular flexibility index (Phi) is 28.0. The molecule has 0 saturated heterocycles. The number of carbonyl (C=O) groups excluding carboxylic acids is 8. The number of aromatic hydroxyl groups is 1. The summed E-state index contributed by atoms with van der Waals surface area (Å²) in [7, 11) is 2.77. The van der Waals surface area contributed by atoms with E-state index in [1.54, 1.807) is 30.3 Å². The number of rotatable bonds is 38. The third-order valence-corrected chi connectivity index (χ3v) is 14.5. The normalized spacial score (nSPS) is 12.6. The molecule has 0 unspecified atom stereocenters. The van der Waals surface area contributed by atoms with Gasteiger partial charge in [0.2, 0.25) is 0 Å². The molecule has 0 spiro atoms. The zero-order chi connectivity index (χ0) is 58.7. The summed E-state index contributed by atoms with van der Waals surface area (Å²) in [5.41, 5.74) is 36.8. The third-order valence-electron chi connectivity index (χ3n) is 13.7. The van der Waals surface area contributed by atoms with E-state index in [1.165, 1.54) is 68.4 Å². The van der Waals surface area contributed by atoms with Gasteiger partial charge in [0, 0.05) is 30.6 Å². The van der Waals surface area contributed by atoms with Crippen molar-refractivity contribution in [1.82, 2.24) is 16.0 Å². The van der Waals surface area contributed by atoms with Crippen molar-refractivity contribution in [2.45, 2.75) is 132 Å². The number of hydrogen-bond donors (Lipinski definition) is 10. The molecule has 80 heavy (non-hydrogen) atoms. The Bertz CT molecular complexity index is 2780. The number of nitrogens with two attached hydrogens (primary N) is 6. The molecule has 4 rings (SSSR count). The average molecular weight is 1120 g/mol. The van der Waals surface area contributed by atoms with Crippen LogP contribution in [-0.4, -0.2) is 123 Å². The number of nitrogens with one attached hydrogen (secondary N) is 3. The molecule has 0 saturated carbocycles. The second-order valence-electron chi connectivity index (χ2n) is 19.7. The minimum absolute atomic E-state index is 0.0296. The SMILES string of the molecule is COc1ccc(CC(=O)[C@H](CCCCN)NC(=O)c2cc(CC(=O)[C@H](CCCCN)NC(=O)c3cc(CC(=O)[C@H](CCCCN)NC(=O)c4cc(CC(=O)[C@@H](N)CCCCN)ccc4SC)ccc3O)ccc2OC)cc1C(N)=O. The maximum atomic E-state index is 14.2. The molecule has 4 atom stereocenters. The first-order valence-corrected chi connectivity index (χ1v) is 28.4. The number of benzene rings is 4. The van der Waals surface area contributed by atoms with Crippen molar-refractivity contribution >= 4 is 58.5 Å². The van der Waals surface area contributed by atoms with Gasteiger partial charge in [-0.25, -0.2) is 0 Å². The fourth-order valence-electron chi connectivity index (χ4n) is 9.12. The molecule has 20 nitrogen and oxygen atoms in total. The molecule has 434 valence electrons. The number of carbonyl (C=O) groups is 8. The smallest absolute Gasteiger partial charge is 0.255 e.